The first-order valence-corrected chi connectivity index (χ1v) is 9.25. The van der Waals surface area contributed by atoms with Crippen LogP contribution in [0.5, 0.6) is 0 Å². The zero-order valence-electron chi connectivity index (χ0n) is 12.8. The Morgan fingerprint density at radius 2 is 1.79 bits per heavy atom. The number of benzene rings is 1. The van der Waals surface area contributed by atoms with Crippen LogP contribution >= 0.6 is 15.9 Å². The van der Waals surface area contributed by atoms with E-state index >= 15 is 0 Å². The van der Waals surface area contributed by atoms with Gasteiger partial charge in [-0.1, -0.05) is 6.07 Å². The van der Waals surface area contributed by atoms with Crippen LogP contribution in [0, 0.1) is 11.6 Å². The second-order valence-corrected chi connectivity index (χ2v) is 7.39. The Balaban J connectivity index is 2.56. The third-order valence-electron chi connectivity index (χ3n) is 3.31. The number of hydrogen-bond acceptors (Lipinski definition) is 4. The molecule has 0 aliphatic carbocycles. The number of nitrogens with zero attached hydrogens (tertiary/aromatic N) is 3. The topological polar surface area (TPSA) is 72.3 Å². The van der Waals surface area contributed by atoms with Gasteiger partial charge in [-0.15, -0.1) is 0 Å². The maximum Gasteiger partial charge on any atom is 0.344 e. The van der Waals surface area contributed by atoms with Crippen LogP contribution < -0.4 is 0 Å². The molecule has 24 heavy (non-hydrogen) atoms. The molecule has 0 atom stereocenters. The Kier molecular flexibility index (Phi) is 5.38. The first-order chi connectivity index (χ1) is 11.2. The minimum Gasteiger partial charge on any atom is -0.323 e. The molecule has 0 aliphatic heterocycles. The van der Waals surface area contributed by atoms with Crippen molar-refractivity contribution in [1.82, 2.24) is 14.7 Å². The number of rotatable bonds is 4. The number of sulfone groups is 1. The van der Waals surface area contributed by atoms with Gasteiger partial charge in [-0.25, -0.2) is 22.0 Å². The number of aromatic nitrogens is 2. The van der Waals surface area contributed by atoms with Gasteiger partial charge in [0.25, 0.3) is 0 Å². The van der Waals surface area contributed by atoms with Gasteiger partial charge in [-0.3, -0.25) is 0 Å². The normalized spacial score (nSPS) is 11.5. The molecule has 6 nitrogen and oxygen atoms in total. The highest BCUT2D eigenvalue weighted by Crippen LogP contribution is 2.29. The summed E-state index contributed by atoms with van der Waals surface area (Å²) in [7, 11) is -4.58. The number of hydrogen-bond donors (Lipinski definition) is 0. The summed E-state index contributed by atoms with van der Waals surface area (Å²) in [5.41, 5.74) is 0. The molecule has 1 aromatic heterocycles. The van der Waals surface area contributed by atoms with Gasteiger partial charge in [0.1, 0.15) is 16.5 Å². The van der Waals surface area contributed by atoms with Gasteiger partial charge in [-0.2, -0.15) is 9.78 Å². The first-order valence-electron chi connectivity index (χ1n) is 6.97. The van der Waals surface area contributed by atoms with Gasteiger partial charge in [0, 0.05) is 13.1 Å². The van der Waals surface area contributed by atoms with Crippen molar-refractivity contribution in [3.8, 4) is 0 Å². The van der Waals surface area contributed by atoms with Crippen molar-refractivity contribution in [3.63, 3.8) is 0 Å². The number of amides is 1. The molecule has 130 valence electrons. The first kappa shape index (κ1) is 18.5. The van der Waals surface area contributed by atoms with Crippen molar-refractivity contribution in [2.45, 2.75) is 23.8 Å². The van der Waals surface area contributed by atoms with E-state index in [0.717, 1.165) is 29.1 Å². The van der Waals surface area contributed by atoms with Gasteiger partial charge in [0.05, 0.1) is 10.7 Å². The van der Waals surface area contributed by atoms with Crippen molar-refractivity contribution in [3.05, 3.63) is 40.5 Å². The van der Waals surface area contributed by atoms with E-state index in [2.05, 4.69) is 21.0 Å². The van der Waals surface area contributed by atoms with Crippen LogP contribution in [0.15, 0.2) is 38.8 Å². The van der Waals surface area contributed by atoms with Gasteiger partial charge in [0.15, 0.2) is 5.03 Å². The molecule has 0 unspecified atom stereocenters. The molecule has 0 bridgehead atoms. The minimum absolute atomic E-state index is 0.0642. The molecule has 0 N–H and O–H groups in total. The quantitative estimate of drug-likeness (QED) is 0.760. The second kappa shape index (κ2) is 6.98. The summed E-state index contributed by atoms with van der Waals surface area (Å²) in [5, 5.41) is 3.08. The Morgan fingerprint density at radius 3 is 2.29 bits per heavy atom. The number of carbonyl (C=O) groups excluding carboxylic acids is 1. The molecule has 1 amide bonds. The van der Waals surface area contributed by atoms with Crippen molar-refractivity contribution < 1.29 is 22.0 Å². The summed E-state index contributed by atoms with van der Waals surface area (Å²) in [6.45, 7) is 4.31. The molecule has 0 spiro atoms. The van der Waals surface area contributed by atoms with Crippen LogP contribution in [-0.4, -0.2) is 42.2 Å². The van der Waals surface area contributed by atoms with Crippen LogP contribution in [0.4, 0.5) is 13.6 Å². The summed E-state index contributed by atoms with van der Waals surface area (Å²) >= 11 is 2.98. The predicted octanol–water partition coefficient (Wildman–Crippen LogP) is 3.07. The maximum atomic E-state index is 13.8. The fraction of sp³-hybridized carbons (Fsp3) is 0.286. The van der Waals surface area contributed by atoms with Gasteiger partial charge in [-0.05, 0) is 41.9 Å². The molecule has 2 aromatic rings. The van der Waals surface area contributed by atoms with Crippen molar-refractivity contribution in [1.29, 1.82) is 0 Å². The summed E-state index contributed by atoms with van der Waals surface area (Å²) in [5.74, 6) is -2.46. The lowest BCUT2D eigenvalue weighted by atomic mass is 10.3. The maximum absolute atomic E-state index is 13.8. The zero-order valence-corrected chi connectivity index (χ0v) is 15.2. The minimum atomic E-state index is -4.58. The molecular weight excluding hydrogens is 408 g/mol. The highest BCUT2D eigenvalue weighted by atomic mass is 79.9. The number of carbonyl (C=O) groups is 1. The average molecular weight is 422 g/mol. The van der Waals surface area contributed by atoms with Gasteiger partial charge < -0.3 is 4.90 Å². The van der Waals surface area contributed by atoms with Crippen LogP contribution in [-0.2, 0) is 9.84 Å². The van der Waals surface area contributed by atoms with E-state index in [1.54, 1.807) is 13.8 Å². The molecule has 10 heteroatoms. The lowest BCUT2D eigenvalue weighted by Gasteiger charge is -2.17. The van der Waals surface area contributed by atoms with E-state index in [1.165, 1.54) is 4.90 Å². The Bertz CT molecular complexity index is 859. The van der Waals surface area contributed by atoms with Crippen LogP contribution in [0.25, 0.3) is 0 Å². The van der Waals surface area contributed by atoms with Crippen molar-refractivity contribution in [2.24, 2.45) is 0 Å². The third-order valence-corrected chi connectivity index (χ3v) is 5.89. The molecule has 0 saturated carbocycles. The number of halogens is 3. The fourth-order valence-corrected chi connectivity index (χ4v) is 4.35. The second-order valence-electron chi connectivity index (χ2n) is 4.74. The summed E-state index contributed by atoms with van der Waals surface area (Å²) in [6.07, 6.45) is 1.15. The lowest BCUT2D eigenvalue weighted by Crippen LogP contribution is -2.34. The molecule has 1 heterocycles. The van der Waals surface area contributed by atoms with Crippen LogP contribution in [0.3, 0.4) is 0 Å². The smallest absolute Gasteiger partial charge is 0.323 e. The van der Waals surface area contributed by atoms with Crippen LogP contribution in [0.2, 0.25) is 0 Å². The van der Waals surface area contributed by atoms with Gasteiger partial charge in [0.2, 0.25) is 9.84 Å². The van der Waals surface area contributed by atoms with Gasteiger partial charge >= 0.3 is 6.03 Å². The third kappa shape index (κ3) is 3.20. The summed E-state index contributed by atoms with van der Waals surface area (Å²) in [6, 6.07) is 2.18. The molecule has 2 rings (SSSR count). The Labute approximate surface area is 146 Å². The largest absolute Gasteiger partial charge is 0.344 e. The fourth-order valence-electron chi connectivity index (χ4n) is 2.09. The molecule has 0 saturated heterocycles. The Hall–Kier alpha value is -1.81. The molecule has 1 aromatic carbocycles. The Morgan fingerprint density at radius 1 is 1.25 bits per heavy atom. The standard InChI is InChI=1S/C14H14BrF2N3O3S/c1-3-19(4-2)14(21)20-8-9(15)13(18-20)24(22,23)12-10(16)6-5-7-11(12)17/h5-8H,3-4H2,1-2H3. The van der Waals surface area contributed by atoms with E-state index in [-0.39, 0.29) is 4.47 Å². The molecular formula is C14H14BrF2N3O3S. The summed E-state index contributed by atoms with van der Waals surface area (Å²) < 4.78 is 53.5. The average Bonchev–Trinajstić information content (AvgIpc) is 2.90. The van der Waals surface area contributed by atoms with E-state index in [0.29, 0.717) is 13.1 Å². The SMILES string of the molecule is CCN(CC)C(=O)n1cc(Br)c(S(=O)(=O)c2c(F)cccc2F)n1. The van der Waals surface area contributed by atoms with E-state index in [1.807, 2.05) is 0 Å². The predicted molar refractivity (Wildman–Crippen MR) is 85.5 cm³/mol. The van der Waals surface area contributed by atoms with Crippen molar-refractivity contribution >= 4 is 31.8 Å². The highest BCUT2D eigenvalue weighted by Gasteiger charge is 2.31. The monoisotopic (exact) mass is 421 g/mol. The molecule has 0 aliphatic rings. The van der Waals surface area contributed by atoms with Crippen LogP contribution in [0.1, 0.15) is 13.8 Å². The summed E-state index contributed by atoms with van der Waals surface area (Å²) in [4.78, 5) is 12.5. The molecule has 0 radical (unpaired) electrons. The lowest BCUT2D eigenvalue weighted by molar-refractivity contribution is 0.201. The highest BCUT2D eigenvalue weighted by molar-refractivity contribution is 9.10. The van der Waals surface area contributed by atoms with E-state index in [9.17, 15) is 22.0 Å². The van der Waals surface area contributed by atoms with E-state index < -0.39 is 37.4 Å². The molecule has 0 fully saturated rings. The zero-order chi connectivity index (χ0) is 18.1. The van der Waals surface area contributed by atoms with E-state index in [4.69, 9.17) is 0 Å². The van der Waals surface area contributed by atoms with Crippen molar-refractivity contribution in [2.75, 3.05) is 13.1 Å².